The summed E-state index contributed by atoms with van der Waals surface area (Å²) in [5.41, 5.74) is 0.920. The molecule has 0 aromatic heterocycles. The largest absolute Gasteiger partial charge is 0.465 e. The molecule has 0 saturated heterocycles. The number of aliphatic hydroxyl groups excluding tert-OH is 1. The highest BCUT2D eigenvalue weighted by atomic mass is 35.5. The molecule has 1 aromatic carbocycles. The van der Waals surface area contributed by atoms with Crippen molar-refractivity contribution in [3.63, 3.8) is 0 Å². The molecule has 66 valence electrons. The molecular formula is C9H11ClO2. The lowest BCUT2D eigenvalue weighted by Gasteiger charge is -2.10. The molecule has 3 heteroatoms. The standard InChI is InChI=1S/C9H11ClO2/c1-6-5-8(10)3-4-9(6)12-7(2)11/h3-5,7,11H,1-2H3. The highest BCUT2D eigenvalue weighted by molar-refractivity contribution is 6.30. The van der Waals surface area contributed by atoms with Gasteiger partial charge < -0.3 is 9.84 Å². The Hall–Kier alpha value is -0.730. The molecule has 0 bridgehead atoms. The van der Waals surface area contributed by atoms with Crippen molar-refractivity contribution in [2.45, 2.75) is 20.1 Å². The minimum absolute atomic E-state index is 0.661. The van der Waals surface area contributed by atoms with E-state index in [4.69, 9.17) is 21.4 Å². The maximum Gasteiger partial charge on any atom is 0.194 e. The van der Waals surface area contributed by atoms with E-state index in [1.807, 2.05) is 6.92 Å². The zero-order valence-electron chi connectivity index (χ0n) is 7.04. The third-order valence-electron chi connectivity index (χ3n) is 1.43. The number of hydrogen-bond donors (Lipinski definition) is 1. The van der Waals surface area contributed by atoms with Crippen LogP contribution in [0.25, 0.3) is 0 Å². The Kier molecular flexibility index (Phi) is 2.95. The molecule has 12 heavy (non-hydrogen) atoms. The van der Waals surface area contributed by atoms with Gasteiger partial charge in [0, 0.05) is 5.02 Å². The van der Waals surface area contributed by atoms with Crippen LogP contribution in [0, 0.1) is 6.92 Å². The van der Waals surface area contributed by atoms with Crippen LogP contribution < -0.4 is 4.74 Å². The maximum atomic E-state index is 8.94. The van der Waals surface area contributed by atoms with Gasteiger partial charge in [-0.25, -0.2) is 0 Å². The summed E-state index contributed by atoms with van der Waals surface area (Å²) in [5, 5.41) is 9.62. The van der Waals surface area contributed by atoms with Gasteiger partial charge in [-0.3, -0.25) is 0 Å². The first-order valence-electron chi connectivity index (χ1n) is 3.70. The summed E-state index contributed by atoms with van der Waals surface area (Å²) in [6.45, 7) is 3.44. The number of hydrogen-bond acceptors (Lipinski definition) is 2. The molecule has 0 saturated carbocycles. The summed E-state index contributed by atoms with van der Waals surface area (Å²) in [7, 11) is 0. The van der Waals surface area contributed by atoms with E-state index >= 15 is 0 Å². The maximum absolute atomic E-state index is 8.94. The number of ether oxygens (including phenoxy) is 1. The van der Waals surface area contributed by atoms with E-state index in [0.29, 0.717) is 10.8 Å². The summed E-state index contributed by atoms with van der Waals surface area (Å²) in [4.78, 5) is 0. The minimum atomic E-state index is -0.787. The second-order valence-corrected chi connectivity index (χ2v) is 3.06. The number of aliphatic hydroxyl groups is 1. The van der Waals surface area contributed by atoms with E-state index < -0.39 is 6.29 Å². The molecule has 0 amide bonds. The van der Waals surface area contributed by atoms with Gasteiger partial charge in [-0.05, 0) is 37.6 Å². The van der Waals surface area contributed by atoms with Crippen LogP contribution in [0.3, 0.4) is 0 Å². The molecule has 0 aliphatic heterocycles. The normalized spacial score (nSPS) is 12.7. The van der Waals surface area contributed by atoms with E-state index in [1.165, 1.54) is 0 Å². The van der Waals surface area contributed by atoms with E-state index in [2.05, 4.69) is 0 Å². The predicted octanol–water partition coefficient (Wildman–Crippen LogP) is 2.37. The summed E-state index contributed by atoms with van der Waals surface area (Å²) in [6, 6.07) is 5.26. The van der Waals surface area contributed by atoms with E-state index in [9.17, 15) is 0 Å². The Balaban J connectivity index is 2.86. The second-order valence-electron chi connectivity index (χ2n) is 2.63. The van der Waals surface area contributed by atoms with Gasteiger partial charge in [-0.2, -0.15) is 0 Å². The summed E-state index contributed by atoms with van der Waals surface area (Å²) < 4.78 is 5.10. The van der Waals surface area contributed by atoms with Crippen LogP contribution in [0.15, 0.2) is 18.2 Å². The zero-order valence-corrected chi connectivity index (χ0v) is 7.80. The average molecular weight is 187 g/mol. The minimum Gasteiger partial charge on any atom is -0.465 e. The molecule has 1 unspecified atom stereocenters. The molecular weight excluding hydrogens is 176 g/mol. The number of aryl methyl sites for hydroxylation is 1. The van der Waals surface area contributed by atoms with Crippen LogP contribution in [0.2, 0.25) is 5.02 Å². The van der Waals surface area contributed by atoms with Gasteiger partial charge in [0.2, 0.25) is 0 Å². The van der Waals surface area contributed by atoms with Crippen molar-refractivity contribution < 1.29 is 9.84 Å². The first-order valence-corrected chi connectivity index (χ1v) is 4.08. The van der Waals surface area contributed by atoms with Crippen LogP contribution in [-0.4, -0.2) is 11.4 Å². The zero-order chi connectivity index (χ0) is 9.14. The van der Waals surface area contributed by atoms with Crippen LogP contribution >= 0.6 is 11.6 Å². The lowest BCUT2D eigenvalue weighted by atomic mass is 10.2. The van der Waals surface area contributed by atoms with E-state index in [-0.39, 0.29) is 0 Å². The molecule has 0 heterocycles. The Labute approximate surface area is 76.7 Å². The first-order chi connectivity index (χ1) is 5.59. The lowest BCUT2D eigenvalue weighted by Crippen LogP contribution is -2.10. The van der Waals surface area contributed by atoms with Crippen LogP contribution in [0.4, 0.5) is 0 Å². The van der Waals surface area contributed by atoms with Crippen molar-refractivity contribution in [1.82, 2.24) is 0 Å². The molecule has 0 aliphatic carbocycles. The van der Waals surface area contributed by atoms with Gasteiger partial charge in [0.1, 0.15) is 5.75 Å². The van der Waals surface area contributed by atoms with Crippen LogP contribution in [0.1, 0.15) is 12.5 Å². The van der Waals surface area contributed by atoms with Crippen molar-refractivity contribution in [2.75, 3.05) is 0 Å². The van der Waals surface area contributed by atoms with Gasteiger partial charge in [0.15, 0.2) is 6.29 Å². The molecule has 0 radical (unpaired) electrons. The second kappa shape index (κ2) is 3.78. The smallest absolute Gasteiger partial charge is 0.194 e. The van der Waals surface area contributed by atoms with Crippen LogP contribution in [-0.2, 0) is 0 Å². The summed E-state index contributed by atoms with van der Waals surface area (Å²) in [5.74, 6) is 0.661. The lowest BCUT2D eigenvalue weighted by molar-refractivity contribution is -0.000799. The number of rotatable bonds is 2. The van der Waals surface area contributed by atoms with Gasteiger partial charge >= 0.3 is 0 Å². The molecule has 2 nitrogen and oxygen atoms in total. The third-order valence-corrected chi connectivity index (χ3v) is 1.67. The monoisotopic (exact) mass is 186 g/mol. The Morgan fingerprint density at radius 3 is 2.67 bits per heavy atom. The fourth-order valence-electron chi connectivity index (χ4n) is 0.929. The van der Waals surface area contributed by atoms with Gasteiger partial charge in [-0.1, -0.05) is 11.6 Å². The molecule has 1 aromatic rings. The quantitative estimate of drug-likeness (QED) is 0.719. The van der Waals surface area contributed by atoms with Crippen molar-refractivity contribution in [3.05, 3.63) is 28.8 Å². The Morgan fingerprint density at radius 2 is 2.17 bits per heavy atom. The summed E-state index contributed by atoms with van der Waals surface area (Å²) >= 11 is 5.74. The van der Waals surface area contributed by atoms with E-state index in [0.717, 1.165) is 5.56 Å². The highest BCUT2D eigenvalue weighted by Crippen LogP contribution is 2.22. The molecule has 1 rings (SSSR count). The molecule has 0 spiro atoms. The molecule has 0 aliphatic rings. The van der Waals surface area contributed by atoms with Crippen molar-refractivity contribution in [2.24, 2.45) is 0 Å². The fraction of sp³-hybridized carbons (Fsp3) is 0.333. The van der Waals surface area contributed by atoms with Crippen LogP contribution in [0.5, 0.6) is 5.75 Å². The van der Waals surface area contributed by atoms with Crippen molar-refractivity contribution >= 4 is 11.6 Å². The van der Waals surface area contributed by atoms with E-state index in [1.54, 1.807) is 25.1 Å². The summed E-state index contributed by atoms with van der Waals surface area (Å²) in [6.07, 6.45) is -0.787. The Morgan fingerprint density at radius 1 is 1.50 bits per heavy atom. The molecule has 1 atom stereocenters. The first kappa shape index (κ1) is 9.36. The number of halogens is 1. The topological polar surface area (TPSA) is 29.5 Å². The third kappa shape index (κ3) is 2.40. The molecule has 1 N–H and O–H groups in total. The van der Waals surface area contributed by atoms with Crippen molar-refractivity contribution in [3.8, 4) is 5.75 Å². The van der Waals surface area contributed by atoms with Gasteiger partial charge in [0.05, 0.1) is 0 Å². The predicted molar refractivity (Wildman–Crippen MR) is 48.5 cm³/mol. The Bertz CT molecular complexity index is 271. The van der Waals surface area contributed by atoms with Gasteiger partial charge in [0.25, 0.3) is 0 Å². The number of benzene rings is 1. The fourth-order valence-corrected chi connectivity index (χ4v) is 1.16. The SMILES string of the molecule is Cc1cc(Cl)ccc1OC(C)O. The average Bonchev–Trinajstić information content (AvgIpc) is 1.94. The molecule has 0 fully saturated rings. The van der Waals surface area contributed by atoms with Crippen molar-refractivity contribution in [1.29, 1.82) is 0 Å². The highest BCUT2D eigenvalue weighted by Gasteiger charge is 2.02. The van der Waals surface area contributed by atoms with Gasteiger partial charge in [-0.15, -0.1) is 0 Å².